The molecule has 1 aromatic rings. The Labute approximate surface area is 121 Å². The van der Waals surface area contributed by atoms with Crippen LogP contribution in [-0.4, -0.2) is 25.1 Å². The molecule has 0 N–H and O–H groups in total. The highest BCUT2D eigenvalue weighted by Crippen LogP contribution is 2.51. The fourth-order valence-corrected chi connectivity index (χ4v) is 5.50. The summed E-state index contributed by atoms with van der Waals surface area (Å²) < 4.78 is 11.9. The number of thioether (sulfide) groups is 1. The molecule has 0 radical (unpaired) electrons. The van der Waals surface area contributed by atoms with Crippen molar-refractivity contribution in [3.8, 4) is 0 Å². The molecule has 1 aliphatic rings. The van der Waals surface area contributed by atoms with Gasteiger partial charge in [0.25, 0.3) is 0 Å². The molecule has 19 heavy (non-hydrogen) atoms. The van der Waals surface area contributed by atoms with Gasteiger partial charge in [-0.3, -0.25) is 9.20 Å². The van der Waals surface area contributed by atoms with Crippen molar-refractivity contribution in [2.45, 2.75) is 29.9 Å². The third-order valence-corrected chi connectivity index (χ3v) is 7.54. The molecule has 2 rings (SSSR count). The van der Waals surface area contributed by atoms with Crippen LogP contribution < -0.4 is 0 Å². The Bertz CT molecular complexity index is 536. The molecule has 2 atom stereocenters. The predicted molar refractivity (Wildman–Crippen MR) is 86.3 cm³/mol. The number of nitrogens with zero attached hydrogens (tertiary/aromatic N) is 1. The summed E-state index contributed by atoms with van der Waals surface area (Å²) in [4.78, 5) is 4.82. The van der Waals surface area contributed by atoms with Gasteiger partial charge in [0.2, 0.25) is 0 Å². The van der Waals surface area contributed by atoms with Crippen LogP contribution in [0.5, 0.6) is 0 Å². The minimum absolute atomic E-state index is 0.364. The number of benzene rings is 1. The van der Waals surface area contributed by atoms with E-state index in [4.69, 9.17) is 4.99 Å². The third kappa shape index (κ3) is 2.43. The van der Waals surface area contributed by atoms with Crippen molar-refractivity contribution < 1.29 is 4.21 Å². The van der Waals surface area contributed by atoms with E-state index in [1.807, 2.05) is 36.4 Å². The summed E-state index contributed by atoms with van der Waals surface area (Å²) >= 11 is 1.63. The molecule has 2 unspecified atom stereocenters. The maximum absolute atomic E-state index is 12.3. The summed E-state index contributed by atoms with van der Waals surface area (Å²) in [5.41, 5.74) is 0.730. The van der Waals surface area contributed by atoms with Crippen molar-refractivity contribution >= 4 is 27.6 Å². The molecule has 0 aliphatic carbocycles. The van der Waals surface area contributed by atoms with Crippen molar-refractivity contribution in [1.29, 1.82) is 0 Å². The Kier molecular flexibility index (Phi) is 4.02. The predicted octanol–water partition coefficient (Wildman–Crippen LogP) is 3.61. The van der Waals surface area contributed by atoms with Crippen molar-refractivity contribution in [2.24, 2.45) is 4.99 Å². The second-order valence-electron chi connectivity index (χ2n) is 5.14. The lowest BCUT2D eigenvalue weighted by molar-refractivity contribution is 0.469. The first-order chi connectivity index (χ1) is 8.93. The number of rotatable bonds is 4. The van der Waals surface area contributed by atoms with Crippen LogP contribution in [0.15, 0.2) is 48.0 Å². The van der Waals surface area contributed by atoms with E-state index >= 15 is 0 Å². The van der Waals surface area contributed by atoms with Gasteiger partial charge in [0.1, 0.15) is 4.08 Å². The highest BCUT2D eigenvalue weighted by Gasteiger charge is 2.53. The zero-order valence-corrected chi connectivity index (χ0v) is 13.2. The average molecular weight is 293 g/mol. The smallest absolute Gasteiger partial charge is 0.125 e. The number of aliphatic imine (C=N–C) groups is 1. The van der Waals surface area contributed by atoms with Gasteiger partial charge in [-0.2, -0.15) is 0 Å². The van der Waals surface area contributed by atoms with E-state index in [0.717, 1.165) is 10.6 Å². The molecule has 0 fully saturated rings. The lowest BCUT2D eigenvalue weighted by Gasteiger charge is -2.35. The Morgan fingerprint density at radius 3 is 2.53 bits per heavy atom. The second-order valence-corrected chi connectivity index (χ2v) is 8.30. The van der Waals surface area contributed by atoms with Crippen LogP contribution in [0.3, 0.4) is 0 Å². The summed E-state index contributed by atoms with van der Waals surface area (Å²) in [5.74, 6) is 0. The molecule has 1 aliphatic heterocycles. The van der Waals surface area contributed by atoms with Crippen molar-refractivity contribution in [1.82, 2.24) is 0 Å². The SMILES string of the molecule is C=CCC1(S(C)=O)SC(c2ccccc2)=NC1(C)C. The molecule has 1 aromatic carbocycles. The number of hydrogen-bond acceptors (Lipinski definition) is 3. The summed E-state index contributed by atoms with van der Waals surface area (Å²) in [6.07, 6.45) is 4.30. The van der Waals surface area contributed by atoms with Crippen molar-refractivity contribution in [2.75, 3.05) is 6.26 Å². The summed E-state index contributed by atoms with van der Waals surface area (Å²) in [7, 11) is -0.986. The molecule has 0 aromatic heterocycles. The van der Waals surface area contributed by atoms with E-state index in [1.54, 1.807) is 18.0 Å². The van der Waals surface area contributed by atoms with Gasteiger partial charge in [-0.1, -0.05) is 48.2 Å². The lowest BCUT2D eigenvalue weighted by atomic mass is 9.98. The van der Waals surface area contributed by atoms with E-state index in [0.29, 0.717) is 6.42 Å². The molecule has 1 heterocycles. The first-order valence-electron chi connectivity index (χ1n) is 6.22. The van der Waals surface area contributed by atoms with Gasteiger partial charge in [0, 0.05) is 22.6 Å². The minimum Gasteiger partial charge on any atom is -0.269 e. The van der Waals surface area contributed by atoms with E-state index in [1.165, 1.54) is 0 Å². The maximum atomic E-state index is 12.3. The number of allylic oxidation sites excluding steroid dienone is 1. The quantitative estimate of drug-likeness (QED) is 0.794. The van der Waals surface area contributed by atoms with Gasteiger partial charge in [0.15, 0.2) is 0 Å². The highest BCUT2D eigenvalue weighted by molar-refractivity contribution is 8.23. The standard InChI is InChI=1S/C15H19NOS2/c1-5-11-15(19(4)17)14(2,3)16-13(18-15)12-9-7-6-8-10-12/h5-10H,1,11H2,2-4H3. The molecule has 0 saturated carbocycles. The zero-order valence-electron chi connectivity index (χ0n) is 11.6. The topological polar surface area (TPSA) is 29.4 Å². The van der Waals surface area contributed by atoms with Gasteiger partial charge in [-0.25, -0.2) is 0 Å². The fraction of sp³-hybridized carbons (Fsp3) is 0.400. The first-order valence-corrected chi connectivity index (χ1v) is 8.59. The van der Waals surface area contributed by atoms with E-state index in [-0.39, 0.29) is 5.54 Å². The highest BCUT2D eigenvalue weighted by atomic mass is 32.2. The molecule has 0 saturated heterocycles. The van der Waals surface area contributed by atoms with Crippen LogP contribution >= 0.6 is 11.8 Å². The molecule has 4 heteroatoms. The summed E-state index contributed by atoms with van der Waals surface area (Å²) in [5, 5.41) is 0.975. The first kappa shape index (κ1) is 14.5. The fourth-order valence-electron chi connectivity index (χ4n) is 2.36. The van der Waals surface area contributed by atoms with Crippen molar-refractivity contribution in [3.05, 3.63) is 48.6 Å². The summed E-state index contributed by atoms with van der Waals surface area (Å²) in [6.45, 7) is 7.93. The number of hydrogen-bond donors (Lipinski definition) is 0. The molecule has 0 bridgehead atoms. The van der Waals surface area contributed by atoms with Crippen molar-refractivity contribution in [3.63, 3.8) is 0 Å². The Morgan fingerprint density at radius 2 is 2.00 bits per heavy atom. The molecule has 0 spiro atoms. The maximum Gasteiger partial charge on any atom is 0.125 e. The van der Waals surface area contributed by atoms with Crippen LogP contribution in [0.25, 0.3) is 0 Å². The normalized spacial score (nSPS) is 26.8. The van der Waals surface area contributed by atoms with Crippen LogP contribution in [-0.2, 0) is 10.8 Å². The molecule has 102 valence electrons. The third-order valence-electron chi connectivity index (χ3n) is 3.47. The monoisotopic (exact) mass is 293 g/mol. The largest absolute Gasteiger partial charge is 0.269 e. The molecule has 0 amide bonds. The van der Waals surface area contributed by atoms with Gasteiger partial charge < -0.3 is 0 Å². The minimum atomic E-state index is -0.986. The van der Waals surface area contributed by atoms with Gasteiger partial charge in [0.05, 0.1) is 10.6 Å². The van der Waals surface area contributed by atoms with Crippen LogP contribution in [0.2, 0.25) is 0 Å². The van der Waals surface area contributed by atoms with E-state index < -0.39 is 14.9 Å². The van der Waals surface area contributed by atoms with Crippen LogP contribution in [0.4, 0.5) is 0 Å². The van der Waals surface area contributed by atoms with Gasteiger partial charge >= 0.3 is 0 Å². The molecule has 2 nitrogen and oxygen atoms in total. The zero-order chi connectivity index (χ0) is 14.1. The Morgan fingerprint density at radius 1 is 1.37 bits per heavy atom. The summed E-state index contributed by atoms with van der Waals surface area (Å²) in [6, 6.07) is 10.1. The van der Waals surface area contributed by atoms with Crippen LogP contribution in [0.1, 0.15) is 25.8 Å². The average Bonchev–Trinajstić information content (AvgIpc) is 2.64. The van der Waals surface area contributed by atoms with Crippen LogP contribution in [0, 0.1) is 0 Å². The molecular weight excluding hydrogens is 274 g/mol. The van der Waals surface area contributed by atoms with Gasteiger partial charge in [-0.15, -0.1) is 6.58 Å². The lowest BCUT2D eigenvalue weighted by Crippen LogP contribution is -2.46. The Hall–Kier alpha value is -0.870. The Balaban J connectivity index is 2.44. The molecular formula is C15H19NOS2. The second kappa shape index (κ2) is 5.25. The van der Waals surface area contributed by atoms with Gasteiger partial charge in [-0.05, 0) is 20.3 Å². The van der Waals surface area contributed by atoms with E-state index in [2.05, 4.69) is 20.4 Å². The van der Waals surface area contributed by atoms with E-state index in [9.17, 15) is 4.21 Å².